The van der Waals surface area contributed by atoms with E-state index in [1.807, 2.05) is 0 Å². The molecule has 0 unspecified atom stereocenters. The maximum atomic E-state index is 5.17. The summed E-state index contributed by atoms with van der Waals surface area (Å²) in [6.45, 7) is 1.43. The maximum absolute atomic E-state index is 5.17. The molecule has 0 atom stereocenters. The van der Waals surface area contributed by atoms with E-state index in [1.165, 1.54) is 0 Å². The molecular weight excluding hydrogens is 200 g/mol. The topological polar surface area (TPSA) is 42.5 Å². The molecule has 0 bridgehead atoms. The van der Waals surface area contributed by atoms with Crippen molar-refractivity contribution in [3.8, 4) is 0 Å². The molecule has 0 aromatic heterocycles. The summed E-state index contributed by atoms with van der Waals surface area (Å²) >= 11 is 5.10. The molecule has 14 heavy (non-hydrogen) atoms. The molecule has 0 aromatic carbocycles. The highest BCUT2D eigenvalue weighted by Gasteiger charge is 2.29. The van der Waals surface area contributed by atoms with E-state index in [1.54, 1.807) is 14.2 Å². The maximum Gasteiger partial charge on any atom is 0.166 e. The predicted octanol–water partition coefficient (Wildman–Crippen LogP) is 0.274. The Balaban J connectivity index is 1.99. The fraction of sp³-hybridized carbons (Fsp3) is 0.889. The van der Waals surface area contributed by atoms with Crippen LogP contribution in [0.3, 0.4) is 0 Å². The highest BCUT2D eigenvalue weighted by molar-refractivity contribution is 7.80. The molecule has 0 heterocycles. The van der Waals surface area contributed by atoms with Crippen LogP contribution in [0.1, 0.15) is 12.8 Å². The SMILES string of the molecule is COCCNC(=S)NC1CC(OC)C1. The van der Waals surface area contributed by atoms with Crippen LogP contribution in [0, 0.1) is 0 Å². The highest BCUT2D eigenvalue weighted by Crippen LogP contribution is 2.22. The first-order valence-corrected chi connectivity index (χ1v) is 5.23. The molecule has 1 rings (SSSR count). The minimum atomic E-state index is 0.411. The molecule has 1 aliphatic carbocycles. The lowest BCUT2D eigenvalue weighted by atomic mass is 9.89. The first-order chi connectivity index (χ1) is 6.76. The van der Waals surface area contributed by atoms with E-state index in [2.05, 4.69) is 10.6 Å². The van der Waals surface area contributed by atoms with Gasteiger partial charge in [0.1, 0.15) is 0 Å². The Kier molecular flexibility index (Phi) is 5.14. The zero-order valence-electron chi connectivity index (χ0n) is 8.71. The van der Waals surface area contributed by atoms with Crippen molar-refractivity contribution in [2.75, 3.05) is 27.4 Å². The quantitative estimate of drug-likeness (QED) is 0.512. The summed E-state index contributed by atoms with van der Waals surface area (Å²) in [5.74, 6) is 0. The van der Waals surface area contributed by atoms with Gasteiger partial charge in [-0.05, 0) is 25.1 Å². The number of hydrogen-bond acceptors (Lipinski definition) is 3. The molecule has 0 spiro atoms. The molecule has 0 aliphatic heterocycles. The third-order valence-electron chi connectivity index (χ3n) is 2.36. The van der Waals surface area contributed by atoms with Gasteiger partial charge in [-0.3, -0.25) is 0 Å². The van der Waals surface area contributed by atoms with E-state index in [0.29, 0.717) is 23.9 Å². The van der Waals surface area contributed by atoms with Gasteiger partial charge >= 0.3 is 0 Å². The summed E-state index contributed by atoms with van der Waals surface area (Å²) in [4.78, 5) is 0. The molecule has 0 amide bonds. The smallest absolute Gasteiger partial charge is 0.166 e. The molecule has 0 aromatic rings. The van der Waals surface area contributed by atoms with E-state index in [0.717, 1.165) is 19.4 Å². The molecule has 2 N–H and O–H groups in total. The van der Waals surface area contributed by atoms with Crippen molar-refractivity contribution in [1.29, 1.82) is 0 Å². The van der Waals surface area contributed by atoms with Gasteiger partial charge in [0.15, 0.2) is 5.11 Å². The summed E-state index contributed by atoms with van der Waals surface area (Å²) in [7, 11) is 3.42. The number of methoxy groups -OCH3 is 2. The zero-order valence-corrected chi connectivity index (χ0v) is 9.52. The van der Waals surface area contributed by atoms with Crippen molar-refractivity contribution in [2.24, 2.45) is 0 Å². The van der Waals surface area contributed by atoms with Crippen LogP contribution in [0.2, 0.25) is 0 Å². The lowest BCUT2D eigenvalue weighted by molar-refractivity contribution is 0.0225. The minimum absolute atomic E-state index is 0.411. The number of ether oxygens (including phenoxy) is 2. The number of thiocarbonyl (C=S) groups is 1. The molecule has 1 fully saturated rings. The minimum Gasteiger partial charge on any atom is -0.383 e. The van der Waals surface area contributed by atoms with Crippen LogP contribution in [-0.2, 0) is 9.47 Å². The number of hydrogen-bond donors (Lipinski definition) is 2. The Labute approximate surface area is 90.3 Å². The van der Waals surface area contributed by atoms with Gasteiger partial charge < -0.3 is 20.1 Å². The van der Waals surface area contributed by atoms with Gasteiger partial charge in [0.25, 0.3) is 0 Å². The van der Waals surface area contributed by atoms with Gasteiger partial charge in [0.05, 0.1) is 12.7 Å². The third kappa shape index (κ3) is 3.77. The first-order valence-electron chi connectivity index (χ1n) is 4.82. The molecule has 1 saturated carbocycles. The van der Waals surface area contributed by atoms with E-state index < -0.39 is 0 Å². The van der Waals surface area contributed by atoms with Gasteiger partial charge in [0.2, 0.25) is 0 Å². The van der Waals surface area contributed by atoms with Crippen LogP contribution in [0.25, 0.3) is 0 Å². The molecule has 1 aliphatic rings. The van der Waals surface area contributed by atoms with Crippen LogP contribution in [0.15, 0.2) is 0 Å². The largest absolute Gasteiger partial charge is 0.383 e. The fourth-order valence-electron chi connectivity index (χ4n) is 1.38. The van der Waals surface area contributed by atoms with Gasteiger partial charge in [-0.15, -0.1) is 0 Å². The van der Waals surface area contributed by atoms with Crippen LogP contribution < -0.4 is 10.6 Å². The van der Waals surface area contributed by atoms with Crippen LogP contribution in [-0.4, -0.2) is 44.6 Å². The Morgan fingerprint density at radius 1 is 1.43 bits per heavy atom. The molecule has 0 radical (unpaired) electrons. The van der Waals surface area contributed by atoms with Gasteiger partial charge in [0, 0.05) is 26.8 Å². The molecular formula is C9H18N2O2S. The summed E-state index contributed by atoms with van der Waals surface area (Å²) in [6, 6.07) is 0.475. The second kappa shape index (κ2) is 6.16. The van der Waals surface area contributed by atoms with Crippen molar-refractivity contribution in [2.45, 2.75) is 25.0 Å². The second-order valence-electron chi connectivity index (χ2n) is 3.42. The predicted molar refractivity (Wildman–Crippen MR) is 59.4 cm³/mol. The Morgan fingerprint density at radius 2 is 2.14 bits per heavy atom. The zero-order chi connectivity index (χ0) is 10.4. The van der Waals surface area contributed by atoms with Crippen molar-refractivity contribution < 1.29 is 9.47 Å². The highest BCUT2D eigenvalue weighted by atomic mass is 32.1. The molecule has 5 heteroatoms. The standard InChI is InChI=1S/C9H18N2O2S/c1-12-4-3-10-9(14)11-7-5-8(6-7)13-2/h7-8H,3-6H2,1-2H3,(H2,10,11,14). The van der Waals surface area contributed by atoms with Gasteiger partial charge in [-0.1, -0.05) is 0 Å². The average Bonchev–Trinajstić information content (AvgIpc) is 2.11. The monoisotopic (exact) mass is 218 g/mol. The number of rotatable bonds is 5. The van der Waals surface area contributed by atoms with Crippen LogP contribution in [0.5, 0.6) is 0 Å². The van der Waals surface area contributed by atoms with E-state index in [-0.39, 0.29) is 0 Å². The fourth-order valence-corrected chi connectivity index (χ4v) is 1.65. The van der Waals surface area contributed by atoms with Crippen molar-refractivity contribution in [3.63, 3.8) is 0 Å². The molecule has 4 nitrogen and oxygen atoms in total. The third-order valence-corrected chi connectivity index (χ3v) is 2.62. The van der Waals surface area contributed by atoms with Crippen molar-refractivity contribution >= 4 is 17.3 Å². The summed E-state index contributed by atoms with van der Waals surface area (Å²) in [5.41, 5.74) is 0. The summed E-state index contributed by atoms with van der Waals surface area (Å²) < 4.78 is 10.1. The molecule has 82 valence electrons. The average molecular weight is 218 g/mol. The van der Waals surface area contributed by atoms with E-state index in [4.69, 9.17) is 21.7 Å². The van der Waals surface area contributed by atoms with E-state index in [9.17, 15) is 0 Å². The van der Waals surface area contributed by atoms with Gasteiger partial charge in [-0.25, -0.2) is 0 Å². The van der Waals surface area contributed by atoms with Crippen LogP contribution >= 0.6 is 12.2 Å². The lowest BCUT2D eigenvalue weighted by Gasteiger charge is -2.35. The Hall–Kier alpha value is -0.390. The van der Waals surface area contributed by atoms with Gasteiger partial charge in [-0.2, -0.15) is 0 Å². The first kappa shape index (κ1) is 11.7. The number of nitrogens with one attached hydrogen (secondary N) is 2. The Morgan fingerprint density at radius 3 is 2.71 bits per heavy atom. The molecule has 0 saturated heterocycles. The summed E-state index contributed by atoms with van der Waals surface area (Å²) in [5, 5.41) is 7.00. The van der Waals surface area contributed by atoms with E-state index >= 15 is 0 Å². The normalized spacial score (nSPS) is 25.3. The van der Waals surface area contributed by atoms with Crippen molar-refractivity contribution in [3.05, 3.63) is 0 Å². The summed E-state index contributed by atoms with van der Waals surface area (Å²) in [6.07, 6.45) is 2.50. The Bertz CT molecular complexity index is 184. The second-order valence-corrected chi connectivity index (χ2v) is 3.83. The van der Waals surface area contributed by atoms with Crippen LogP contribution in [0.4, 0.5) is 0 Å². The lowest BCUT2D eigenvalue weighted by Crippen LogP contribution is -2.50. The van der Waals surface area contributed by atoms with Crippen molar-refractivity contribution in [1.82, 2.24) is 10.6 Å².